The lowest BCUT2D eigenvalue weighted by Gasteiger charge is -2.19. The van der Waals surface area contributed by atoms with Gasteiger partial charge in [-0.15, -0.1) is 0 Å². The molecule has 39 heavy (non-hydrogen) atoms. The van der Waals surface area contributed by atoms with Crippen LogP contribution in [0.1, 0.15) is 10.4 Å². The summed E-state index contributed by atoms with van der Waals surface area (Å²) in [4.78, 5) is 32.5. The number of hydrogen-bond donors (Lipinski definition) is 6. The first-order valence-electron chi connectivity index (χ1n) is 12.5. The SMILES string of the molecule is C=C/C(=C\C=C\NC1=NC(NCCOCCOCCNC(=O)c2ccccc2)=NC(N)N1)C(=O)NCCOC. The molecule has 13 heteroatoms. The van der Waals surface area contributed by atoms with Gasteiger partial charge in [0, 0.05) is 44.1 Å². The maximum atomic E-state index is 12.1. The molecule has 0 saturated carbocycles. The van der Waals surface area contributed by atoms with E-state index in [2.05, 4.69) is 43.1 Å². The van der Waals surface area contributed by atoms with Gasteiger partial charge in [-0.1, -0.05) is 30.9 Å². The Bertz CT molecular complexity index is 1030. The minimum atomic E-state index is -0.677. The molecule has 1 heterocycles. The molecule has 7 N–H and O–H groups in total. The van der Waals surface area contributed by atoms with E-state index >= 15 is 0 Å². The molecule has 1 aromatic rings. The van der Waals surface area contributed by atoms with Crippen molar-refractivity contribution in [2.24, 2.45) is 15.7 Å². The van der Waals surface area contributed by atoms with Gasteiger partial charge >= 0.3 is 0 Å². The number of aliphatic imine (C=N–C) groups is 2. The van der Waals surface area contributed by atoms with Crippen LogP contribution in [0.3, 0.4) is 0 Å². The van der Waals surface area contributed by atoms with Crippen molar-refractivity contribution in [3.8, 4) is 0 Å². The van der Waals surface area contributed by atoms with Crippen LogP contribution in [0.2, 0.25) is 0 Å². The predicted octanol–water partition coefficient (Wildman–Crippen LogP) is -0.425. The summed E-state index contributed by atoms with van der Waals surface area (Å²) in [7, 11) is 1.57. The maximum Gasteiger partial charge on any atom is 0.251 e. The minimum Gasteiger partial charge on any atom is -0.383 e. The van der Waals surface area contributed by atoms with E-state index < -0.39 is 6.29 Å². The van der Waals surface area contributed by atoms with Gasteiger partial charge in [0.05, 0.1) is 33.0 Å². The Morgan fingerprint density at radius 3 is 2.49 bits per heavy atom. The van der Waals surface area contributed by atoms with Gasteiger partial charge in [0.25, 0.3) is 11.8 Å². The zero-order chi connectivity index (χ0) is 28.1. The van der Waals surface area contributed by atoms with Gasteiger partial charge in [0.1, 0.15) is 0 Å². The lowest BCUT2D eigenvalue weighted by atomic mass is 10.2. The summed E-state index contributed by atoms with van der Waals surface area (Å²) in [6.45, 7) is 7.00. The van der Waals surface area contributed by atoms with E-state index in [1.807, 2.05) is 18.2 Å². The number of carbonyl (C=O) groups excluding carboxylic acids is 2. The standard InChI is InChI=1S/C26H38N8O5/c1-3-20(22(35)28-12-15-37-2)10-7-11-30-25-32-24(27)33-26(34-25)31-14-17-39-19-18-38-16-13-29-23(36)21-8-5-4-6-9-21/h3-11,24H,1,12-19,27H2,2H3,(H,28,35)(H,29,36)(H3,30,31,32,33,34)/b11-7+,20-10+. The fourth-order valence-corrected chi connectivity index (χ4v) is 3.00. The monoisotopic (exact) mass is 542 g/mol. The van der Waals surface area contributed by atoms with Crippen LogP contribution in [0.25, 0.3) is 0 Å². The Labute approximate surface area is 228 Å². The fourth-order valence-electron chi connectivity index (χ4n) is 3.00. The number of amides is 2. The number of benzene rings is 1. The molecule has 1 aliphatic heterocycles. The van der Waals surface area contributed by atoms with Crippen molar-refractivity contribution in [2.45, 2.75) is 6.29 Å². The van der Waals surface area contributed by atoms with E-state index in [4.69, 9.17) is 19.9 Å². The molecule has 1 atom stereocenters. The first-order valence-corrected chi connectivity index (χ1v) is 12.5. The topological polar surface area (TPSA) is 173 Å². The molecule has 0 radical (unpaired) electrons. The molecular weight excluding hydrogens is 504 g/mol. The van der Waals surface area contributed by atoms with E-state index in [0.717, 1.165) is 0 Å². The third kappa shape index (κ3) is 13.4. The average molecular weight is 543 g/mol. The second-order valence-corrected chi connectivity index (χ2v) is 7.85. The number of allylic oxidation sites excluding steroid dienone is 2. The number of carbonyl (C=O) groups is 2. The molecule has 212 valence electrons. The number of rotatable bonds is 17. The predicted molar refractivity (Wildman–Crippen MR) is 150 cm³/mol. The van der Waals surface area contributed by atoms with Crippen molar-refractivity contribution in [3.63, 3.8) is 0 Å². The molecule has 0 saturated heterocycles. The molecule has 0 aliphatic carbocycles. The third-order valence-electron chi connectivity index (χ3n) is 4.90. The van der Waals surface area contributed by atoms with E-state index in [0.29, 0.717) is 75.7 Å². The van der Waals surface area contributed by atoms with E-state index in [1.165, 1.54) is 6.08 Å². The fraction of sp³-hybridized carbons (Fsp3) is 0.385. The van der Waals surface area contributed by atoms with Gasteiger partial charge in [-0.25, -0.2) is 4.99 Å². The van der Waals surface area contributed by atoms with Crippen LogP contribution in [0.4, 0.5) is 0 Å². The zero-order valence-corrected chi connectivity index (χ0v) is 22.2. The van der Waals surface area contributed by atoms with Gasteiger partial charge in [-0.2, -0.15) is 4.99 Å². The van der Waals surface area contributed by atoms with Crippen molar-refractivity contribution in [3.05, 3.63) is 72.5 Å². The van der Waals surface area contributed by atoms with Crippen molar-refractivity contribution < 1.29 is 23.8 Å². The number of guanidine groups is 2. The summed E-state index contributed by atoms with van der Waals surface area (Å²) in [5, 5.41) is 14.4. The van der Waals surface area contributed by atoms with Crippen LogP contribution >= 0.6 is 0 Å². The highest BCUT2D eigenvalue weighted by atomic mass is 16.5. The van der Waals surface area contributed by atoms with Crippen LogP contribution in [-0.2, 0) is 19.0 Å². The molecule has 0 aromatic heterocycles. The summed E-state index contributed by atoms with van der Waals surface area (Å²) >= 11 is 0. The number of nitrogens with zero attached hydrogens (tertiary/aromatic N) is 2. The Hall–Kier alpha value is -4.04. The van der Waals surface area contributed by atoms with E-state index in [9.17, 15) is 9.59 Å². The molecule has 1 unspecified atom stereocenters. The molecule has 0 bridgehead atoms. The van der Waals surface area contributed by atoms with Crippen molar-refractivity contribution in [1.29, 1.82) is 0 Å². The Balaban J connectivity index is 1.59. The first kappa shape index (κ1) is 31.2. The second-order valence-electron chi connectivity index (χ2n) is 7.85. The molecule has 13 nitrogen and oxygen atoms in total. The average Bonchev–Trinajstić information content (AvgIpc) is 2.94. The van der Waals surface area contributed by atoms with Gasteiger partial charge in [-0.3, -0.25) is 15.3 Å². The quantitative estimate of drug-likeness (QED) is 0.0868. The normalized spacial score (nSPS) is 15.1. The smallest absolute Gasteiger partial charge is 0.251 e. The summed E-state index contributed by atoms with van der Waals surface area (Å²) in [6, 6.07) is 9.02. The van der Waals surface area contributed by atoms with Crippen LogP contribution in [0, 0.1) is 0 Å². The molecule has 1 aromatic carbocycles. The second kappa shape index (κ2) is 19.1. The minimum absolute atomic E-state index is 0.128. The molecule has 2 amide bonds. The summed E-state index contributed by atoms with van der Waals surface area (Å²) in [6.07, 6.45) is 5.65. The number of nitrogens with one attached hydrogen (secondary N) is 5. The van der Waals surface area contributed by atoms with Gasteiger partial charge in [-0.05, 0) is 24.3 Å². The largest absolute Gasteiger partial charge is 0.383 e. The van der Waals surface area contributed by atoms with E-state index in [1.54, 1.807) is 37.6 Å². The Morgan fingerprint density at radius 2 is 1.77 bits per heavy atom. The lowest BCUT2D eigenvalue weighted by Crippen LogP contribution is -2.50. The van der Waals surface area contributed by atoms with E-state index in [-0.39, 0.29) is 11.8 Å². The number of nitrogens with two attached hydrogens (primary N) is 1. The van der Waals surface area contributed by atoms with Gasteiger partial charge in [0.2, 0.25) is 11.9 Å². The highest BCUT2D eigenvalue weighted by Crippen LogP contribution is 1.98. The molecule has 0 fully saturated rings. The Morgan fingerprint density at radius 1 is 1.05 bits per heavy atom. The zero-order valence-electron chi connectivity index (χ0n) is 22.2. The van der Waals surface area contributed by atoms with Crippen LogP contribution < -0.4 is 32.3 Å². The number of methoxy groups -OCH3 is 1. The van der Waals surface area contributed by atoms with Crippen LogP contribution in [0.15, 0.2) is 76.9 Å². The molecule has 0 spiro atoms. The molecule has 2 rings (SSSR count). The number of hydrogen-bond acceptors (Lipinski definition) is 11. The third-order valence-corrected chi connectivity index (χ3v) is 4.90. The van der Waals surface area contributed by atoms with Crippen molar-refractivity contribution in [1.82, 2.24) is 26.6 Å². The highest BCUT2D eigenvalue weighted by molar-refractivity contribution is 5.97. The summed E-state index contributed by atoms with van der Waals surface area (Å²) in [5.74, 6) is 0.367. The highest BCUT2D eigenvalue weighted by Gasteiger charge is 2.12. The first-order chi connectivity index (χ1) is 19.0. The molecular formula is C26H38N8O5. The van der Waals surface area contributed by atoms with Crippen molar-refractivity contribution >= 4 is 23.7 Å². The van der Waals surface area contributed by atoms with Gasteiger partial charge < -0.3 is 40.8 Å². The lowest BCUT2D eigenvalue weighted by molar-refractivity contribution is -0.117. The van der Waals surface area contributed by atoms with Crippen LogP contribution in [-0.4, -0.2) is 89.8 Å². The maximum absolute atomic E-state index is 12.1. The summed E-state index contributed by atoms with van der Waals surface area (Å²) in [5.41, 5.74) is 6.93. The number of ether oxygens (including phenoxy) is 3. The Kier molecular flexibility index (Phi) is 15.3. The van der Waals surface area contributed by atoms with Crippen LogP contribution in [0.5, 0.6) is 0 Å². The van der Waals surface area contributed by atoms with Gasteiger partial charge in [0.15, 0.2) is 6.29 Å². The molecule has 1 aliphatic rings. The summed E-state index contributed by atoms with van der Waals surface area (Å²) < 4.78 is 15.9. The van der Waals surface area contributed by atoms with Crippen molar-refractivity contribution in [2.75, 3.05) is 59.8 Å².